The van der Waals surface area contributed by atoms with Gasteiger partial charge in [-0.15, -0.1) is 0 Å². The summed E-state index contributed by atoms with van der Waals surface area (Å²) >= 11 is 0. The van der Waals surface area contributed by atoms with Gasteiger partial charge in [0.05, 0.1) is 28.1 Å². The van der Waals surface area contributed by atoms with E-state index in [-0.39, 0.29) is 24.7 Å². The van der Waals surface area contributed by atoms with Crippen LogP contribution >= 0.6 is 0 Å². The van der Waals surface area contributed by atoms with Gasteiger partial charge in [0.25, 0.3) is 0 Å². The lowest BCUT2D eigenvalue weighted by Crippen LogP contribution is -2.45. The van der Waals surface area contributed by atoms with Gasteiger partial charge in [-0.25, -0.2) is 13.2 Å². The van der Waals surface area contributed by atoms with Crippen LogP contribution in [0.4, 0.5) is 0 Å². The number of Topliss-reactive ketones (excluding diaryl/α,β-unsaturated/α-hetero) is 1. The van der Waals surface area contributed by atoms with E-state index in [4.69, 9.17) is 14.2 Å². The van der Waals surface area contributed by atoms with Gasteiger partial charge in [0.15, 0.2) is 9.84 Å². The molecule has 0 bridgehead atoms. The van der Waals surface area contributed by atoms with E-state index in [9.17, 15) is 27.6 Å². The van der Waals surface area contributed by atoms with Crippen LogP contribution in [0.15, 0.2) is 89.8 Å². The predicted octanol–water partition coefficient (Wildman–Crippen LogP) is 5.18. The molecule has 0 radical (unpaired) electrons. The fourth-order valence-electron chi connectivity index (χ4n) is 4.93. The highest BCUT2D eigenvalue weighted by Crippen LogP contribution is 2.41. The van der Waals surface area contributed by atoms with Crippen molar-refractivity contribution in [1.29, 1.82) is 0 Å². The van der Waals surface area contributed by atoms with Gasteiger partial charge < -0.3 is 14.2 Å². The predicted molar refractivity (Wildman–Crippen MR) is 163 cm³/mol. The number of carbonyl (C=O) groups is 4. The number of benzene rings is 3. The van der Waals surface area contributed by atoms with Gasteiger partial charge in [-0.05, 0) is 57.4 Å². The van der Waals surface area contributed by atoms with Crippen LogP contribution in [0.5, 0.6) is 0 Å². The number of hydrogen-bond acceptors (Lipinski definition) is 9. The molecule has 0 amide bonds. The van der Waals surface area contributed by atoms with Crippen molar-refractivity contribution in [3.05, 3.63) is 102 Å². The first-order valence-corrected chi connectivity index (χ1v) is 15.8. The van der Waals surface area contributed by atoms with Crippen molar-refractivity contribution in [2.24, 2.45) is 10.8 Å². The molecule has 0 aliphatic carbocycles. The number of carbonyl (C=O) groups excluding carboxylic acids is 4. The molecule has 9 nitrogen and oxygen atoms in total. The molecular weight excluding hydrogens is 584 g/mol. The Hall–Kier alpha value is -4.31. The largest absolute Gasteiger partial charge is 0.460 e. The van der Waals surface area contributed by atoms with E-state index in [1.807, 2.05) is 6.92 Å². The third-order valence-corrected chi connectivity index (χ3v) is 9.14. The van der Waals surface area contributed by atoms with Crippen molar-refractivity contribution in [1.82, 2.24) is 0 Å². The van der Waals surface area contributed by atoms with Crippen LogP contribution in [0.25, 0.3) is 0 Å². The van der Waals surface area contributed by atoms with Crippen LogP contribution < -0.4 is 0 Å². The van der Waals surface area contributed by atoms with Crippen LogP contribution in [-0.2, 0) is 56.4 Å². The molecule has 0 saturated heterocycles. The maximum atomic E-state index is 13.8. The maximum absolute atomic E-state index is 13.8. The summed E-state index contributed by atoms with van der Waals surface area (Å²) in [4.78, 5) is 52.7. The normalized spacial score (nSPS) is 14.0. The molecule has 3 rings (SSSR count). The van der Waals surface area contributed by atoms with Crippen molar-refractivity contribution < 1.29 is 41.8 Å². The summed E-state index contributed by atoms with van der Waals surface area (Å²) in [6.45, 7) is 5.76. The second kappa shape index (κ2) is 14.9. The number of rotatable bonds is 15. The van der Waals surface area contributed by atoms with E-state index in [0.29, 0.717) is 11.1 Å². The van der Waals surface area contributed by atoms with Crippen molar-refractivity contribution in [2.75, 3.05) is 12.4 Å². The van der Waals surface area contributed by atoms with Crippen molar-refractivity contribution in [3.63, 3.8) is 0 Å². The second-order valence-corrected chi connectivity index (χ2v) is 13.3. The van der Waals surface area contributed by atoms with E-state index in [1.165, 1.54) is 32.9 Å². The molecule has 0 aromatic heterocycles. The van der Waals surface area contributed by atoms with Crippen molar-refractivity contribution in [2.45, 2.75) is 58.6 Å². The second-order valence-electron chi connectivity index (χ2n) is 11.3. The molecule has 3 aromatic carbocycles. The average Bonchev–Trinajstić information content (AvgIpc) is 2.99. The number of aryl methyl sites for hydroxylation is 1. The van der Waals surface area contributed by atoms with E-state index in [2.05, 4.69) is 0 Å². The first-order chi connectivity index (χ1) is 20.8. The number of ether oxygens (including phenoxy) is 3. The van der Waals surface area contributed by atoms with Crippen LogP contribution in [0.2, 0.25) is 0 Å². The Bertz CT molecular complexity index is 1550. The zero-order valence-corrected chi connectivity index (χ0v) is 26.2. The molecule has 0 saturated carbocycles. The number of sulfone groups is 1. The highest BCUT2D eigenvalue weighted by molar-refractivity contribution is 7.91. The lowest BCUT2D eigenvalue weighted by atomic mass is 9.71. The van der Waals surface area contributed by atoms with E-state index < -0.39 is 63.0 Å². The Kier molecular flexibility index (Phi) is 11.6. The lowest BCUT2D eigenvalue weighted by molar-refractivity contribution is -0.167. The molecule has 2 atom stereocenters. The van der Waals surface area contributed by atoms with Gasteiger partial charge in [0.1, 0.15) is 13.2 Å². The highest BCUT2D eigenvalue weighted by Gasteiger charge is 2.50. The van der Waals surface area contributed by atoms with E-state index >= 15 is 0 Å². The Morgan fingerprint density at radius 1 is 0.682 bits per heavy atom. The number of hydrogen-bond donors (Lipinski definition) is 0. The minimum atomic E-state index is -4.10. The topological polar surface area (TPSA) is 130 Å². The van der Waals surface area contributed by atoms with Gasteiger partial charge in [-0.3, -0.25) is 14.4 Å². The minimum absolute atomic E-state index is 0.0128. The first-order valence-electron chi connectivity index (χ1n) is 14.2. The van der Waals surface area contributed by atoms with E-state index in [1.54, 1.807) is 72.8 Å². The zero-order chi connectivity index (χ0) is 32.4. The molecule has 44 heavy (non-hydrogen) atoms. The quantitative estimate of drug-likeness (QED) is 0.128. The summed E-state index contributed by atoms with van der Waals surface area (Å²) in [5.41, 5.74) is -1.45. The molecule has 0 fully saturated rings. The van der Waals surface area contributed by atoms with Crippen molar-refractivity contribution in [3.8, 4) is 0 Å². The van der Waals surface area contributed by atoms with Crippen LogP contribution in [0.3, 0.4) is 0 Å². The fourth-order valence-corrected chi connectivity index (χ4v) is 6.71. The molecule has 10 heteroatoms. The molecule has 234 valence electrons. The van der Waals surface area contributed by atoms with Crippen molar-refractivity contribution >= 4 is 33.5 Å². The standard InChI is InChI=1S/C34H38O9S/c1-5-41-30(36)29(35)20-33(3,31(37)42-21-26-12-8-6-9-13-26)23-34(4,32(38)43-22-27-14-10-7-11-15-27)24-44(39,40)28-18-16-25(2)17-19-28/h6-19H,5,20-24H2,1-4H3. The Morgan fingerprint density at radius 3 is 1.64 bits per heavy atom. The molecule has 3 aromatic rings. The van der Waals surface area contributed by atoms with Gasteiger partial charge in [0.2, 0.25) is 5.78 Å². The number of esters is 3. The monoisotopic (exact) mass is 622 g/mol. The van der Waals surface area contributed by atoms with Crippen LogP contribution in [0, 0.1) is 17.8 Å². The Morgan fingerprint density at radius 2 is 1.16 bits per heavy atom. The van der Waals surface area contributed by atoms with Gasteiger partial charge in [-0.2, -0.15) is 0 Å². The van der Waals surface area contributed by atoms with Gasteiger partial charge >= 0.3 is 17.9 Å². The summed E-state index contributed by atoms with van der Waals surface area (Å²) in [6.07, 6.45) is -1.15. The third kappa shape index (κ3) is 9.34. The number of ketones is 1. The smallest absolute Gasteiger partial charge is 0.374 e. The van der Waals surface area contributed by atoms with Crippen LogP contribution in [-0.4, -0.2) is 44.5 Å². The summed E-state index contributed by atoms with van der Waals surface area (Å²) in [7, 11) is -4.10. The third-order valence-electron chi connectivity index (χ3n) is 7.13. The maximum Gasteiger partial charge on any atom is 0.374 e. The molecule has 0 heterocycles. The summed E-state index contributed by atoms with van der Waals surface area (Å²) in [5, 5.41) is 0. The Labute approximate surface area is 258 Å². The van der Waals surface area contributed by atoms with Gasteiger partial charge in [-0.1, -0.05) is 78.4 Å². The zero-order valence-electron chi connectivity index (χ0n) is 25.4. The summed E-state index contributed by atoms with van der Waals surface area (Å²) in [6, 6.07) is 23.8. The van der Waals surface area contributed by atoms with Crippen LogP contribution in [0.1, 0.15) is 50.3 Å². The molecular formula is C34H38O9S. The minimum Gasteiger partial charge on any atom is -0.460 e. The summed E-state index contributed by atoms with van der Waals surface area (Å²) in [5.74, 6) is -4.65. The molecule has 0 N–H and O–H groups in total. The van der Waals surface area contributed by atoms with E-state index in [0.717, 1.165) is 5.56 Å². The average molecular weight is 623 g/mol. The SMILES string of the molecule is CCOC(=O)C(=O)CC(C)(CC(C)(CS(=O)(=O)c1ccc(C)cc1)C(=O)OCc1ccccc1)C(=O)OCc1ccccc1. The fraction of sp³-hybridized carbons (Fsp3) is 0.353. The molecule has 0 aliphatic heterocycles. The first kappa shape index (κ1) is 34.2. The molecule has 0 spiro atoms. The van der Waals surface area contributed by atoms with Gasteiger partial charge in [0, 0.05) is 6.42 Å². The summed E-state index contributed by atoms with van der Waals surface area (Å²) < 4.78 is 43.3. The lowest BCUT2D eigenvalue weighted by Gasteiger charge is -2.36. The highest BCUT2D eigenvalue weighted by atomic mass is 32.2. The molecule has 2 unspecified atom stereocenters. The molecule has 0 aliphatic rings. The Balaban J connectivity index is 2.00.